The fourth-order valence-corrected chi connectivity index (χ4v) is 4.63. The van der Waals surface area contributed by atoms with Crippen molar-refractivity contribution in [3.05, 3.63) is 0 Å². The van der Waals surface area contributed by atoms with Crippen LogP contribution in [-0.2, 0) is 47.6 Å². The SMILES string of the molecule is COC(=O)[C@H]1O[C@@H](O[C@@H]2C[C@H](C)CC[C@H]2C(C)C)[C@H](OC(C)=O)[C@@H](OC(C)=O)[C@@H]1OC(C)=O. The van der Waals surface area contributed by atoms with E-state index in [0.717, 1.165) is 40.2 Å². The van der Waals surface area contributed by atoms with Crippen LogP contribution in [0.4, 0.5) is 0 Å². The third kappa shape index (κ3) is 7.14. The molecule has 8 atom stereocenters. The summed E-state index contributed by atoms with van der Waals surface area (Å²) in [4.78, 5) is 48.1. The van der Waals surface area contributed by atoms with Crippen LogP contribution in [0.25, 0.3) is 0 Å². The van der Waals surface area contributed by atoms with Crippen LogP contribution in [0.15, 0.2) is 0 Å². The molecule has 1 saturated carbocycles. The summed E-state index contributed by atoms with van der Waals surface area (Å²) in [6.45, 7) is 9.84. The minimum absolute atomic E-state index is 0.220. The maximum atomic E-state index is 12.5. The van der Waals surface area contributed by atoms with Crippen LogP contribution >= 0.6 is 0 Å². The van der Waals surface area contributed by atoms with Crippen LogP contribution in [0.2, 0.25) is 0 Å². The maximum Gasteiger partial charge on any atom is 0.339 e. The highest BCUT2D eigenvalue weighted by Crippen LogP contribution is 2.38. The van der Waals surface area contributed by atoms with Gasteiger partial charge in [0.15, 0.2) is 30.7 Å². The number of hydrogen-bond acceptors (Lipinski definition) is 10. The highest BCUT2D eigenvalue weighted by atomic mass is 16.7. The van der Waals surface area contributed by atoms with Crippen molar-refractivity contribution in [1.29, 1.82) is 0 Å². The van der Waals surface area contributed by atoms with Gasteiger partial charge in [0.1, 0.15) is 0 Å². The Bertz CT molecular complexity index is 720. The molecule has 1 saturated heterocycles. The van der Waals surface area contributed by atoms with E-state index < -0.39 is 54.6 Å². The van der Waals surface area contributed by atoms with Crippen molar-refractivity contribution < 1.29 is 47.6 Å². The second-order valence-corrected chi connectivity index (χ2v) is 9.17. The van der Waals surface area contributed by atoms with Crippen LogP contribution in [0.3, 0.4) is 0 Å². The lowest BCUT2D eigenvalue weighted by Crippen LogP contribution is -2.64. The van der Waals surface area contributed by atoms with E-state index in [2.05, 4.69) is 20.8 Å². The fraction of sp³-hybridized carbons (Fsp3) is 0.826. The summed E-state index contributed by atoms with van der Waals surface area (Å²) in [5.41, 5.74) is 0. The normalized spacial score (nSPS) is 34.3. The van der Waals surface area contributed by atoms with Crippen molar-refractivity contribution in [2.45, 2.75) is 97.6 Å². The first-order valence-electron chi connectivity index (χ1n) is 11.3. The summed E-state index contributed by atoms with van der Waals surface area (Å²) in [6, 6.07) is 0. The predicted molar refractivity (Wildman–Crippen MR) is 114 cm³/mol. The third-order valence-corrected chi connectivity index (χ3v) is 6.10. The zero-order chi connectivity index (χ0) is 24.9. The van der Waals surface area contributed by atoms with Gasteiger partial charge in [0.25, 0.3) is 0 Å². The van der Waals surface area contributed by atoms with E-state index in [0.29, 0.717) is 11.8 Å². The second kappa shape index (κ2) is 11.8. The van der Waals surface area contributed by atoms with Crippen molar-refractivity contribution >= 4 is 23.9 Å². The Balaban J connectivity index is 2.46. The molecule has 0 bridgehead atoms. The lowest BCUT2D eigenvalue weighted by molar-refractivity contribution is -0.317. The van der Waals surface area contributed by atoms with E-state index in [-0.39, 0.29) is 12.0 Å². The van der Waals surface area contributed by atoms with E-state index in [1.54, 1.807) is 0 Å². The molecule has 33 heavy (non-hydrogen) atoms. The van der Waals surface area contributed by atoms with Gasteiger partial charge in [-0.1, -0.05) is 27.2 Å². The summed E-state index contributed by atoms with van der Waals surface area (Å²) in [6.07, 6.45) is -4.14. The van der Waals surface area contributed by atoms with Gasteiger partial charge < -0.3 is 28.4 Å². The maximum absolute atomic E-state index is 12.5. The highest BCUT2D eigenvalue weighted by Gasteiger charge is 2.56. The van der Waals surface area contributed by atoms with Crippen LogP contribution < -0.4 is 0 Å². The monoisotopic (exact) mass is 472 g/mol. The molecule has 0 radical (unpaired) electrons. The van der Waals surface area contributed by atoms with Crippen molar-refractivity contribution in [3.8, 4) is 0 Å². The minimum atomic E-state index is -1.45. The van der Waals surface area contributed by atoms with Crippen LogP contribution in [0, 0.1) is 17.8 Å². The molecule has 0 amide bonds. The Morgan fingerprint density at radius 3 is 1.91 bits per heavy atom. The predicted octanol–water partition coefficient (Wildman–Crippen LogP) is 2.16. The Kier molecular flexibility index (Phi) is 9.66. The molecule has 0 spiro atoms. The quantitative estimate of drug-likeness (QED) is 0.402. The van der Waals surface area contributed by atoms with Gasteiger partial charge in [0.05, 0.1) is 13.2 Å². The number of carbonyl (C=O) groups is 4. The van der Waals surface area contributed by atoms with Gasteiger partial charge in [0, 0.05) is 20.8 Å². The summed E-state index contributed by atoms with van der Waals surface area (Å²) >= 11 is 0. The molecule has 188 valence electrons. The number of ether oxygens (including phenoxy) is 6. The average molecular weight is 473 g/mol. The summed E-state index contributed by atoms with van der Waals surface area (Å²) < 4.78 is 33.2. The summed E-state index contributed by atoms with van der Waals surface area (Å²) in [5, 5.41) is 0. The largest absolute Gasteiger partial charge is 0.467 e. The van der Waals surface area contributed by atoms with Gasteiger partial charge in [-0.25, -0.2) is 4.79 Å². The third-order valence-electron chi connectivity index (χ3n) is 6.10. The number of rotatable bonds is 7. The van der Waals surface area contributed by atoms with E-state index in [1.807, 2.05) is 0 Å². The first kappa shape index (κ1) is 27.0. The molecule has 10 nitrogen and oxygen atoms in total. The van der Waals surface area contributed by atoms with E-state index >= 15 is 0 Å². The molecule has 10 heteroatoms. The standard InChI is InChI=1S/C23H36O10/c1-11(2)16-9-8-12(3)10-17(16)32-23-21(31-15(6)26)19(30-14(5)25)18(29-13(4)24)20(33-23)22(27)28-7/h11-12,16-21,23H,8-10H2,1-7H3/t12-,16+,17-,18+,19+,20+,21-,23-/m1/s1. The molecule has 2 rings (SSSR count). The van der Waals surface area contributed by atoms with Gasteiger partial charge in [-0.2, -0.15) is 0 Å². The number of carbonyl (C=O) groups excluding carboxylic acids is 4. The topological polar surface area (TPSA) is 124 Å². The molecule has 0 aromatic heterocycles. The van der Waals surface area contributed by atoms with Crippen molar-refractivity contribution in [2.75, 3.05) is 7.11 Å². The first-order valence-corrected chi connectivity index (χ1v) is 11.3. The molecule has 0 aromatic rings. The van der Waals surface area contributed by atoms with E-state index in [1.165, 1.54) is 6.92 Å². The molecule has 1 aliphatic carbocycles. The molecule has 2 aliphatic rings. The summed E-state index contributed by atoms with van der Waals surface area (Å²) in [7, 11) is 1.16. The molecule has 0 N–H and O–H groups in total. The molecule has 1 aliphatic heterocycles. The Morgan fingerprint density at radius 2 is 1.39 bits per heavy atom. The zero-order valence-electron chi connectivity index (χ0n) is 20.4. The summed E-state index contributed by atoms with van der Waals surface area (Å²) in [5.74, 6) is -2.02. The minimum Gasteiger partial charge on any atom is -0.467 e. The number of hydrogen-bond donors (Lipinski definition) is 0. The Labute approximate surface area is 194 Å². The molecule has 0 aromatic carbocycles. The lowest BCUT2D eigenvalue weighted by Gasteiger charge is -2.46. The van der Waals surface area contributed by atoms with E-state index in [9.17, 15) is 19.2 Å². The number of methoxy groups -OCH3 is 1. The van der Waals surface area contributed by atoms with Gasteiger partial charge in [-0.05, 0) is 30.6 Å². The van der Waals surface area contributed by atoms with Crippen LogP contribution in [-0.4, -0.2) is 67.8 Å². The number of esters is 4. The molecule has 0 unspecified atom stereocenters. The first-order chi connectivity index (χ1) is 15.4. The van der Waals surface area contributed by atoms with Crippen molar-refractivity contribution in [1.82, 2.24) is 0 Å². The van der Waals surface area contributed by atoms with Gasteiger partial charge in [-0.15, -0.1) is 0 Å². The molecular formula is C23H36O10. The van der Waals surface area contributed by atoms with Crippen LogP contribution in [0.5, 0.6) is 0 Å². The smallest absolute Gasteiger partial charge is 0.339 e. The Morgan fingerprint density at radius 1 is 0.848 bits per heavy atom. The molecule has 1 heterocycles. The van der Waals surface area contributed by atoms with Gasteiger partial charge in [-0.3, -0.25) is 14.4 Å². The Hall–Kier alpha value is -2.20. The molecule has 2 fully saturated rings. The van der Waals surface area contributed by atoms with Crippen LogP contribution in [0.1, 0.15) is 60.8 Å². The average Bonchev–Trinajstić information content (AvgIpc) is 2.70. The van der Waals surface area contributed by atoms with Gasteiger partial charge in [0.2, 0.25) is 0 Å². The zero-order valence-corrected chi connectivity index (χ0v) is 20.4. The van der Waals surface area contributed by atoms with Crippen molar-refractivity contribution in [2.24, 2.45) is 17.8 Å². The van der Waals surface area contributed by atoms with Crippen molar-refractivity contribution in [3.63, 3.8) is 0 Å². The van der Waals surface area contributed by atoms with Gasteiger partial charge >= 0.3 is 23.9 Å². The fourth-order valence-electron chi connectivity index (χ4n) is 4.63. The highest BCUT2D eigenvalue weighted by molar-refractivity contribution is 5.77. The molecular weight excluding hydrogens is 436 g/mol. The van der Waals surface area contributed by atoms with E-state index in [4.69, 9.17) is 28.4 Å². The lowest BCUT2D eigenvalue weighted by atomic mass is 9.75. The second-order valence-electron chi connectivity index (χ2n) is 9.17.